The Bertz CT molecular complexity index is 619. The van der Waals surface area contributed by atoms with Gasteiger partial charge in [-0.3, -0.25) is 19.6 Å². The van der Waals surface area contributed by atoms with Gasteiger partial charge in [-0.2, -0.15) is 0 Å². The van der Waals surface area contributed by atoms with E-state index in [4.69, 9.17) is 0 Å². The highest BCUT2D eigenvalue weighted by Gasteiger charge is 2.33. The maximum atomic E-state index is 12.9. The van der Waals surface area contributed by atoms with Crippen LogP contribution in [0.25, 0.3) is 0 Å². The van der Waals surface area contributed by atoms with Crippen LogP contribution in [0.3, 0.4) is 0 Å². The van der Waals surface area contributed by atoms with E-state index < -0.39 is 0 Å². The number of aromatic nitrogens is 1. The summed E-state index contributed by atoms with van der Waals surface area (Å²) in [5, 5.41) is 0. The quantitative estimate of drug-likeness (QED) is 0.779. The number of rotatable bonds is 5. The number of likely N-dealkylation sites (tertiary alicyclic amines) is 2. The maximum absolute atomic E-state index is 12.9. The van der Waals surface area contributed by atoms with Crippen LogP contribution in [0.1, 0.15) is 52.0 Å². The molecule has 2 saturated heterocycles. The van der Waals surface area contributed by atoms with Crippen molar-refractivity contribution in [3.63, 3.8) is 0 Å². The van der Waals surface area contributed by atoms with Crippen LogP contribution < -0.4 is 0 Å². The number of pyridine rings is 1. The summed E-state index contributed by atoms with van der Waals surface area (Å²) in [4.78, 5) is 24.2. The van der Waals surface area contributed by atoms with Gasteiger partial charge < -0.3 is 4.90 Å². The minimum absolute atomic E-state index is 0.153. The van der Waals surface area contributed by atoms with Crippen molar-refractivity contribution in [3.8, 4) is 0 Å². The SMILES string of the molecule is CN(CC(C)(C)C)C(=O)C1CCCN(C2CCN(Cc3ccncc3)CC2)C1. The summed E-state index contributed by atoms with van der Waals surface area (Å²) in [7, 11) is 1.98. The molecule has 1 atom stereocenters. The summed E-state index contributed by atoms with van der Waals surface area (Å²) in [5.74, 6) is 0.519. The second-order valence-corrected chi connectivity index (χ2v) is 9.95. The van der Waals surface area contributed by atoms with Gasteiger partial charge in [-0.25, -0.2) is 0 Å². The molecule has 0 saturated carbocycles. The zero-order valence-corrected chi connectivity index (χ0v) is 18.2. The molecule has 0 N–H and O–H groups in total. The van der Waals surface area contributed by atoms with Crippen molar-refractivity contribution in [2.75, 3.05) is 39.8 Å². The molecule has 3 heterocycles. The van der Waals surface area contributed by atoms with Gasteiger partial charge in [-0.05, 0) is 68.4 Å². The molecule has 156 valence electrons. The van der Waals surface area contributed by atoms with Crippen LogP contribution in [0.15, 0.2) is 24.5 Å². The van der Waals surface area contributed by atoms with Crippen molar-refractivity contribution in [2.24, 2.45) is 11.3 Å². The molecule has 2 aliphatic heterocycles. The molecule has 28 heavy (non-hydrogen) atoms. The molecule has 1 aromatic heterocycles. The first-order valence-electron chi connectivity index (χ1n) is 10.9. The first-order valence-corrected chi connectivity index (χ1v) is 10.9. The summed E-state index contributed by atoms with van der Waals surface area (Å²) in [6.07, 6.45) is 8.38. The molecule has 1 aromatic rings. The number of nitrogens with zero attached hydrogens (tertiary/aromatic N) is 4. The Balaban J connectivity index is 1.48. The molecule has 3 rings (SSSR count). The zero-order valence-electron chi connectivity index (χ0n) is 18.2. The van der Waals surface area contributed by atoms with E-state index >= 15 is 0 Å². The maximum Gasteiger partial charge on any atom is 0.226 e. The molecule has 0 bridgehead atoms. The molecule has 1 unspecified atom stereocenters. The highest BCUT2D eigenvalue weighted by atomic mass is 16.2. The molecule has 0 aliphatic carbocycles. The van der Waals surface area contributed by atoms with E-state index in [0.717, 1.165) is 52.1 Å². The molecule has 0 spiro atoms. The Morgan fingerprint density at radius 3 is 2.46 bits per heavy atom. The van der Waals surface area contributed by atoms with Crippen LogP contribution in [-0.4, -0.2) is 71.4 Å². The first-order chi connectivity index (χ1) is 13.3. The monoisotopic (exact) mass is 386 g/mol. The van der Waals surface area contributed by atoms with Gasteiger partial charge in [0.15, 0.2) is 0 Å². The minimum atomic E-state index is 0.153. The predicted molar refractivity (Wildman–Crippen MR) is 114 cm³/mol. The van der Waals surface area contributed by atoms with Gasteiger partial charge in [0, 0.05) is 45.1 Å². The van der Waals surface area contributed by atoms with E-state index in [1.54, 1.807) is 0 Å². The number of carbonyl (C=O) groups excluding carboxylic acids is 1. The molecule has 2 fully saturated rings. The summed E-state index contributed by atoms with van der Waals surface area (Å²) >= 11 is 0. The lowest BCUT2D eigenvalue weighted by molar-refractivity contribution is -0.137. The van der Waals surface area contributed by atoms with E-state index in [1.165, 1.54) is 18.4 Å². The lowest BCUT2D eigenvalue weighted by atomic mass is 9.91. The standard InChI is InChI=1S/C23H38N4O/c1-23(2,3)18-25(4)22(28)20-6-5-13-27(17-20)21-9-14-26(15-10-21)16-19-7-11-24-12-8-19/h7-8,11-12,20-21H,5-6,9-10,13-18H2,1-4H3. The fourth-order valence-corrected chi connectivity index (χ4v) is 4.83. The third-order valence-corrected chi connectivity index (χ3v) is 6.12. The molecule has 1 amide bonds. The second-order valence-electron chi connectivity index (χ2n) is 9.95. The lowest BCUT2D eigenvalue weighted by Crippen LogP contribution is -2.51. The largest absolute Gasteiger partial charge is 0.345 e. The van der Waals surface area contributed by atoms with Gasteiger partial charge in [0.2, 0.25) is 5.91 Å². The Morgan fingerprint density at radius 1 is 1.14 bits per heavy atom. The Kier molecular flexibility index (Phi) is 7.10. The Labute approximate surface area is 171 Å². The van der Waals surface area contributed by atoms with Crippen LogP contribution in [-0.2, 0) is 11.3 Å². The number of piperidine rings is 2. The van der Waals surface area contributed by atoms with E-state index in [9.17, 15) is 4.79 Å². The van der Waals surface area contributed by atoms with E-state index in [-0.39, 0.29) is 11.3 Å². The molecule has 0 aromatic carbocycles. The number of carbonyl (C=O) groups is 1. The van der Waals surface area contributed by atoms with Gasteiger partial charge >= 0.3 is 0 Å². The molecule has 5 heteroatoms. The van der Waals surface area contributed by atoms with Gasteiger partial charge in [0.25, 0.3) is 0 Å². The summed E-state index contributed by atoms with van der Waals surface area (Å²) < 4.78 is 0. The van der Waals surface area contributed by atoms with Crippen LogP contribution in [0.2, 0.25) is 0 Å². The molecule has 5 nitrogen and oxygen atoms in total. The molecule has 2 aliphatic rings. The van der Waals surface area contributed by atoms with E-state index in [1.807, 2.05) is 24.3 Å². The van der Waals surface area contributed by atoms with Crippen molar-refractivity contribution in [1.29, 1.82) is 0 Å². The number of amides is 1. The van der Waals surface area contributed by atoms with Gasteiger partial charge in [-0.15, -0.1) is 0 Å². The molecular weight excluding hydrogens is 348 g/mol. The van der Waals surface area contributed by atoms with Crippen LogP contribution >= 0.6 is 0 Å². The van der Waals surface area contributed by atoms with Gasteiger partial charge in [0.05, 0.1) is 5.92 Å². The fraction of sp³-hybridized carbons (Fsp3) is 0.739. The number of hydrogen-bond acceptors (Lipinski definition) is 4. The topological polar surface area (TPSA) is 39.7 Å². The van der Waals surface area contributed by atoms with Crippen molar-refractivity contribution >= 4 is 5.91 Å². The highest BCUT2D eigenvalue weighted by molar-refractivity contribution is 5.79. The van der Waals surface area contributed by atoms with Crippen molar-refractivity contribution in [2.45, 2.75) is 59.0 Å². The first kappa shape index (κ1) is 21.3. The zero-order chi connectivity index (χ0) is 20.1. The van der Waals surface area contributed by atoms with Crippen molar-refractivity contribution in [3.05, 3.63) is 30.1 Å². The van der Waals surface area contributed by atoms with Crippen LogP contribution in [0.5, 0.6) is 0 Å². The lowest BCUT2D eigenvalue weighted by Gasteiger charge is -2.42. The minimum Gasteiger partial charge on any atom is -0.345 e. The summed E-state index contributed by atoms with van der Waals surface area (Å²) in [6, 6.07) is 4.86. The average molecular weight is 387 g/mol. The van der Waals surface area contributed by atoms with E-state index in [2.05, 4.69) is 47.7 Å². The van der Waals surface area contributed by atoms with Crippen LogP contribution in [0.4, 0.5) is 0 Å². The van der Waals surface area contributed by atoms with Crippen molar-refractivity contribution < 1.29 is 4.79 Å². The van der Waals surface area contributed by atoms with Gasteiger partial charge in [-0.1, -0.05) is 20.8 Å². The summed E-state index contributed by atoms with van der Waals surface area (Å²) in [5.41, 5.74) is 1.50. The van der Waals surface area contributed by atoms with Crippen LogP contribution in [0, 0.1) is 11.3 Å². The average Bonchev–Trinajstić information content (AvgIpc) is 2.67. The summed E-state index contributed by atoms with van der Waals surface area (Å²) in [6.45, 7) is 12.8. The van der Waals surface area contributed by atoms with Crippen molar-refractivity contribution in [1.82, 2.24) is 19.7 Å². The number of hydrogen-bond donors (Lipinski definition) is 0. The Hall–Kier alpha value is -1.46. The third-order valence-electron chi connectivity index (χ3n) is 6.12. The third kappa shape index (κ3) is 6.02. The smallest absolute Gasteiger partial charge is 0.226 e. The van der Waals surface area contributed by atoms with E-state index in [0.29, 0.717) is 11.9 Å². The fourth-order valence-electron chi connectivity index (χ4n) is 4.83. The van der Waals surface area contributed by atoms with Gasteiger partial charge in [0.1, 0.15) is 0 Å². The molecule has 0 radical (unpaired) electrons. The predicted octanol–water partition coefficient (Wildman–Crippen LogP) is 3.26. The Morgan fingerprint density at radius 2 is 1.82 bits per heavy atom. The highest BCUT2D eigenvalue weighted by Crippen LogP contribution is 2.26. The normalized spacial score (nSPS) is 22.9. The molecular formula is C23H38N4O. The second kappa shape index (κ2) is 9.36.